The number of hydrogen-bond donors (Lipinski definition) is 2. The molecule has 0 radical (unpaired) electrons. The maximum atomic E-state index is 11.8. The van der Waals surface area contributed by atoms with Crippen LogP contribution in [0.15, 0.2) is 0 Å². The summed E-state index contributed by atoms with van der Waals surface area (Å²) in [6.07, 6.45) is 7.05. The van der Waals surface area contributed by atoms with Crippen LogP contribution >= 0.6 is 0 Å². The van der Waals surface area contributed by atoms with Gasteiger partial charge in [-0.2, -0.15) is 0 Å². The molecule has 0 spiro atoms. The highest BCUT2D eigenvalue weighted by molar-refractivity contribution is 5.82. The number of hydrogen-bond acceptors (Lipinski definition) is 2. The third kappa shape index (κ3) is 5.81. The lowest BCUT2D eigenvalue weighted by atomic mass is 10.2. The number of nitrogens with one attached hydrogen (secondary N) is 1. The molecule has 0 rings (SSSR count). The lowest BCUT2D eigenvalue weighted by Gasteiger charge is -2.22. The van der Waals surface area contributed by atoms with Crippen molar-refractivity contribution in [1.29, 1.82) is 0 Å². The number of terminal acetylenes is 1. The van der Waals surface area contributed by atoms with Crippen LogP contribution in [0.4, 0.5) is 4.79 Å². The zero-order valence-corrected chi connectivity index (χ0v) is 10.4. The Labute approximate surface area is 102 Å². The van der Waals surface area contributed by atoms with E-state index in [1.54, 1.807) is 0 Å². The molecule has 0 aromatic carbocycles. The van der Waals surface area contributed by atoms with Crippen LogP contribution in [0.2, 0.25) is 0 Å². The maximum absolute atomic E-state index is 11.8. The van der Waals surface area contributed by atoms with Crippen LogP contribution in [0, 0.1) is 12.3 Å². The maximum Gasteiger partial charge on any atom is 0.326 e. The van der Waals surface area contributed by atoms with Gasteiger partial charge in [0.1, 0.15) is 6.04 Å². The minimum absolute atomic E-state index is 0.193. The molecule has 17 heavy (non-hydrogen) atoms. The smallest absolute Gasteiger partial charge is 0.326 e. The number of carboxylic acid groups (broad SMARTS) is 1. The molecule has 0 aromatic heterocycles. The van der Waals surface area contributed by atoms with E-state index in [0.717, 1.165) is 6.42 Å². The largest absolute Gasteiger partial charge is 0.480 e. The minimum atomic E-state index is -1.02. The van der Waals surface area contributed by atoms with Crippen molar-refractivity contribution in [3.63, 3.8) is 0 Å². The monoisotopic (exact) mass is 240 g/mol. The number of amides is 2. The first-order valence-electron chi connectivity index (χ1n) is 5.78. The first-order chi connectivity index (χ1) is 8.06. The number of carbonyl (C=O) groups is 2. The van der Waals surface area contributed by atoms with E-state index in [0.29, 0.717) is 19.4 Å². The van der Waals surface area contributed by atoms with Gasteiger partial charge in [-0.05, 0) is 12.8 Å². The van der Waals surface area contributed by atoms with E-state index in [1.807, 2.05) is 13.8 Å². The minimum Gasteiger partial charge on any atom is -0.480 e. The van der Waals surface area contributed by atoms with Crippen LogP contribution < -0.4 is 5.32 Å². The number of urea groups is 1. The van der Waals surface area contributed by atoms with Gasteiger partial charge in [0.15, 0.2) is 0 Å². The SMILES string of the molecule is C#CCN(CCC)C(=O)NC(CCC)C(=O)O. The predicted octanol–water partition coefficient (Wildman–Crippen LogP) is 1.29. The van der Waals surface area contributed by atoms with Gasteiger partial charge in [0, 0.05) is 6.54 Å². The van der Waals surface area contributed by atoms with E-state index in [-0.39, 0.29) is 6.54 Å². The number of carbonyl (C=O) groups excluding carboxylic acids is 1. The fourth-order valence-corrected chi connectivity index (χ4v) is 1.42. The molecule has 0 aliphatic carbocycles. The summed E-state index contributed by atoms with van der Waals surface area (Å²) in [5, 5.41) is 11.4. The van der Waals surface area contributed by atoms with Crippen LogP contribution in [-0.4, -0.2) is 41.1 Å². The number of aliphatic carboxylic acids is 1. The topological polar surface area (TPSA) is 69.6 Å². The Balaban J connectivity index is 4.45. The molecule has 5 nitrogen and oxygen atoms in total. The zero-order valence-electron chi connectivity index (χ0n) is 10.4. The first-order valence-corrected chi connectivity index (χ1v) is 5.78. The molecule has 0 fully saturated rings. The van der Waals surface area contributed by atoms with Crippen LogP contribution in [0.5, 0.6) is 0 Å². The second-order valence-corrected chi connectivity index (χ2v) is 3.75. The average Bonchev–Trinajstić information content (AvgIpc) is 2.28. The molecule has 0 heterocycles. The first kappa shape index (κ1) is 15.3. The molecule has 0 aromatic rings. The number of carboxylic acids is 1. The lowest BCUT2D eigenvalue weighted by molar-refractivity contribution is -0.139. The highest BCUT2D eigenvalue weighted by Gasteiger charge is 2.21. The third-order valence-corrected chi connectivity index (χ3v) is 2.24. The summed E-state index contributed by atoms with van der Waals surface area (Å²) < 4.78 is 0. The van der Waals surface area contributed by atoms with Gasteiger partial charge in [-0.1, -0.05) is 26.2 Å². The van der Waals surface area contributed by atoms with E-state index < -0.39 is 18.0 Å². The Morgan fingerprint density at radius 1 is 1.41 bits per heavy atom. The van der Waals surface area contributed by atoms with Gasteiger partial charge in [0.25, 0.3) is 0 Å². The molecule has 0 bridgehead atoms. The zero-order chi connectivity index (χ0) is 13.3. The van der Waals surface area contributed by atoms with Gasteiger partial charge in [-0.15, -0.1) is 6.42 Å². The molecule has 1 atom stereocenters. The van der Waals surface area contributed by atoms with Crippen molar-refractivity contribution < 1.29 is 14.7 Å². The molecule has 0 aliphatic rings. The Bertz CT molecular complexity index is 297. The van der Waals surface area contributed by atoms with Crippen molar-refractivity contribution in [3.05, 3.63) is 0 Å². The van der Waals surface area contributed by atoms with Crippen molar-refractivity contribution >= 4 is 12.0 Å². The van der Waals surface area contributed by atoms with E-state index in [2.05, 4.69) is 11.2 Å². The molecule has 5 heteroatoms. The molecule has 2 N–H and O–H groups in total. The lowest BCUT2D eigenvalue weighted by Crippen LogP contribution is -2.48. The second kappa shape index (κ2) is 8.45. The Kier molecular flexibility index (Phi) is 7.61. The normalized spacial score (nSPS) is 11.4. The summed E-state index contributed by atoms with van der Waals surface area (Å²) in [5.41, 5.74) is 0. The van der Waals surface area contributed by atoms with E-state index in [9.17, 15) is 9.59 Å². The summed E-state index contributed by atoms with van der Waals surface area (Å²) >= 11 is 0. The molecule has 96 valence electrons. The number of rotatable bonds is 7. The van der Waals surface area contributed by atoms with Gasteiger partial charge in [0.05, 0.1) is 6.54 Å². The molecular weight excluding hydrogens is 220 g/mol. The summed E-state index contributed by atoms with van der Waals surface area (Å²) in [6, 6.07) is -1.25. The van der Waals surface area contributed by atoms with Gasteiger partial charge in [-0.25, -0.2) is 9.59 Å². The second-order valence-electron chi connectivity index (χ2n) is 3.75. The highest BCUT2D eigenvalue weighted by atomic mass is 16.4. The Hall–Kier alpha value is -1.70. The Morgan fingerprint density at radius 3 is 2.47 bits per heavy atom. The fraction of sp³-hybridized carbons (Fsp3) is 0.667. The predicted molar refractivity (Wildman–Crippen MR) is 65.6 cm³/mol. The standard InChI is InChI=1S/C12H20N2O3/c1-4-7-10(11(15)16)13-12(17)14(8-5-2)9-6-3/h2,10H,4,6-9H2,1,3H3,(H,13,17)(H,15,16). The van der Waals surface area contributed by atoms with Crippen molar-refractivity contribution in [2.45, 2.75) is 39.2 Å². The highest BCUT2D eigenvalue weighted by Crippen LogP contribution is 1.99. The van der Waals surface area contributed by atoms with Crippen molar-refractivity contribution in [2.75, 3.05) is 13.1 Å². The average molecular weight is 240 g/mol. The third-order valence-electron chi connectivity index (χ3n) is 2.24. The summed E-state index contributed by atoms with van der Waals surface area (Å²) in [6.45, 7) is 4.51. The van der Waals surface area contributed by atoms with Gasteiger partial charge in [0.2, 0.25) is 0 Å². The molecule has 1 unspecified atom stereocenters. The van der Waals surface area contributed by atoms with Crippen LogP contribution in [-0.2, 0) is 4.79 Å². The molecule has 2 amide bonds. The van der Waals surface area contributed by atoms with Crippen molar-refractivity contribution in [1.82, 2.24) is 10.2 Å². The quantitative estimate of drug-likeness (QED) is 0.659. The van der Waals surface area contributed by atoms with E-state index in [4.69, 9.17) is 11.5 Å². The summed E-state index contributed by atoms with van der Waals surface area (Å²) in [7, 11) is 0. The summed E-state index contributed by atoms with van der Waals surface area (Å²) in [5.74, 6) is 1.37. The van der Waals surface area contributed by atoms with E-state index >= 15 is 0 Å². The molecule has 0 saturated heterocycles. The fourth-order valence-electron chi connectivity index (χ4n) is 1.42. The van der Waals surface area contributed by atoms with Crippen LogP contribution in [0.1, 0.15) is 33.1 Å². The van der Waals surface area contributed by atoms with E-state index in [1.165, 1.54) is 4.90 Å². The van der Waals surface area contributed by atoms with Gasteiger partial charge < -0.3 is 15.3 Å². The van der Waals surface area contributed by atoms with Crippen molar-refractivity contribution in [2.24, 2.45) is 0 Å². The molecular formula is C12H20N2O3. The van der Waals surface area contributed by atoms with Crippen LogP contribution in [0.3, 0.4) is 0 Å². The van der Waals surface area contributed by atoms with Gasteiger partial charge in [-0.3, -0.25) is 0 Å². The Morgan fingerprint density at radius 2 is 2.06 bits per heavy atom. The number of nitrogens with zero attached hydrogens (tertiary/aromatic N) is 1. The summed E-state index contributed by atoms with van der Waals surface area (Å²) in [4.78, 5) is 24.1. The van der Waals surface area contributed by atoms with Crippen molar-refractivity contribution in [3.8, 4) is 12.3 Å². The molecule has 0 saturated carbocycles. The molecule has 0 aliphatic heterocycles. The van der Waals surface area contributed by atoms with Gasteiger partial charge >= 0.3 is 12.0 Å². The van der Waals surface area contributed by atoms with Crippen LogP contribution in [0.25, 0.3) is 0 Å².